The van der Waals surface area contributed by atoms with Gasteiger partial charge in [0.2, 0.25) is 0 Å². The first-order valence-electron chi connectivity index (χ1n) is 6.97. The summed E-state index contributed by atoms with van der Waals surface area (Å²) in [7, 11) is 0. The van der Waals surface area contributed by atoms with Crippen LogP contribution in [0.15, 0.2) is 42.5 Å². The van der Waals surface area contributed by atoms with Crippen LogP contribution in [0.4, 0.5) is 0 Å². The predicted octanol–water partition coefficient (Wildman–Crippen LogP) is 5.11. The Bertz CT molecular complexity index is 354. The predicted molar refractivity (Wildman–Crippen MR) is 84.2 cm³/mol. The third-order valence-electron chi connectivity index (χ3n) is 2.66. The molecule has 0 bridgehead atoms. The van der Waals surface area contributed by atoms with Gasteiger partial charge in [0.15, 0.2) is 0 Å². The maximum atomic E-state index is 3.77. The SMILES string of the molecule is CCC[CH]=[Ti+2].Cc1cc[c-](C)c1.[CH2-]CC1C=CC=C1. The van der Waals surface area contributed by atoms with Crippen LogP contribution in [0.1, 0.15) is 37.3 Å². The van der Waals surface area contributed by atoms with Gasteiger partial charge in [-0.25, -0.2) is 11.6 Å². The molecule has 0 aliphatic heterocycles. The minimum atomic E-state index is 0.625. The number of allylic oxidation sites excluding steroid dienone is 4. The Morgan fingerprint density at radius 3 is 2.16 bits per heavy atom. The average Bonchev–Trinajstić information content (AvgIpc) is 3.03. The standard InChI is InChI=1S/2C7H9.C4H8.Ti/c1-6-3-4-7(2)5-6;1-2-7-5-3-4-6-7;1-3-4-2;/h3-5H,1-2H3;3-7H,1-2H2;1H,3-4H2,2H3;/q2*-1;;+2. The molecule has 0 fully saturated rings. The van der Waals surface area contributed by atoms with E-state index in [0.29, 0.717) is 5.92 Å². The Morgan fingerprint density at radius 1 is 1.37 bits per heavy atom. The summed E-state index contributed by atoms with van der Waals surface area (Å²) in [6.45, 7) is 10.2. The van der Waals surface area contributed by atoms with E-state index >= 15 is 0 Å². The maximum Gasteiger partial charge on any atom is -0.0319 e. The van der Waals surface area contributed by atoms with Crippen LogP contribution < -0.4 is 0 Å². The average molecular weight is 290 g/mol. The van der Waals surface area contributed by atoms with Gasteiger partial charge in [0.25, 0.3) is 0 Å². The molecule has 0 atom stereocenters. The summed E-state index contributed by atoms with van der Waals surface area (Å²) < 4.78 is 2.18. The van der Waals surface area contributed by atoms with Crippen LogP contribution in [0.25, 0.3) is 0 Å². The van der Waals surface area contributed by atoms with Gasteiger partial charge in [-0.15, -0.1) is 0 Å². The van der Waals surface area contributed by atoms with Crippen LogP contribution in [-0.4, -0.2) is 4.31 Å². The van der Waals surface area contributed by atoms with Crippen LogP contribution in [0.3, 0.4) is 0 Å². The first-order chi connectivity index (χ1) is 9.13. The maximum absolute atomic E-state index is 3.77. The molecule has 1 aliphatic carbocycles. The van der Waals surface area contributed by atoms with Gasteiger partial charge in [0.05, 0.1) is 0 Å². The van der Waals surface area contributed by atoms with Gasteiger partial charge >= 0.3 is 44.1 Å². The summed E-state index contributed by atoms with van der Waals surface area (Å²) in [6.07, 6.45) is 12.0. The number of hydrogen-bond acceptors (Lipinski definition) is 0. The Labute approximate surface area is 130 Å². The fourth-order valence-corrected chi connectivity index (χ4v) is 1.98. The fourth-order valence-electron chi connectivity index (χ4n) is 1.53. The second-order valence-corrected chi connectivity index (χ2v) is 5.32. The first kappa shape index (κ1) is 18.4. The number of rotatable bonds is 3. The van der Waals surface area contributed by atoms with E-state index in [1.165, 1.54) is 24.0 Å². The second-order valence-electron chi connectivity index (χ2n) is 4.68. The quantitative estimate of drug-likeness (QED) is 0.536. The van der Waals surface area contributed by atoms with E-state index in [-0.39, 0.29) is 0 Å². The zero-order chi connectivity index (χ0) is 14.5. The third kappa shape index (κ3) is 11.0. The van der Waals surface area contributed by atoms with Gasteiger partial charge in [0, 0.05) is 0 Å². The molecule has 0 unspecified atom stereocenters. The molecule has 0 aromatic heterocycles. The Morgan fingerprint density at radius 2 is 2.00 bits per heavy atom. The van der Waals surface area contributed by atoms with Crippen molar-refractivity contribution >= 4 is 4.31 Å². The van der Waals surface area contributed by atoms with Crippen molar-refractivity contribution in [1.82, 2.24) is 0 Å². The van der Waals surface area contributed by atoms with Crippen molar-refractivity contribution in [2.75, 3.05) is 0 Å². The van der Waals surface area contributed by atoms with Gasteiger partial charge in [0.1, 0.15) is 0 Å². The fraction of sp³-hybridized carbons (Fsp3) is 0.389. The van der Waals surface area contributed by atoms with Gasteiger partial charge in [-0.2, -0.15) is 24.1 Å². The molecule has 1 aromatic carbocycles. The summed E-state index contributed by atoms with van der Waals surface area (Å²) in [4.78, 5) is 0. The van der Waals surface area contributed by atoms with Crippen LogP contribution in [0.5, 0.6) is 0 Å². The van der Waals surface area contributed by atoms with Crippen LogP contribution in [0.2, 0.25) is 0 Å². The normalized spacial score (nSPS) is 12.5. The Hall–Kier alpha value is -0.586. The van der Waals surface area contributed by atoms with Crippen molar-refractivity contribution in [2.24, 2.45) is 5.92 Å². The number of unbranched alkanes of at least 4 members (excludes halogenated alkanes) is 1. The molecule has 1 heteroatoms. The zero-order valence-corrected chi connectivity index (χ0v) is 14.1. The van der Waals surface area contributed by atoms with Crippen LogP contribution in [-0.2, 0) is 20.0 Å². The number of aryl methyl sites for hydroxylation is 2. The van der Waals surface area contributed by atoms with Crippen molar-refractivity contribution in [2.45, 2.75) is 40.0 Å². The van der Waals surface area contributed by atoms with E-state index in [9.17, 15) is 0 Å². The molecule has 0 spiro atoms. The van der Waals surface area contributed by atoms with Gasteiger partial charge < -0.3 is 6.92 Å². The van der Waals surface area contributed by atoms with E-state index in [4.69, 9.17) is 0 Å². The van der Waals surface area contributed by atoms with E-state index in [2.05, 4.69) is 94.5 Å². The molecule has 0 saturated heterocycles. The smallest absolute Gasteiger partial charge is 0.0319 e. The van der Waals surface area contributed by atoms with Gasteiger partial charge in [-0.1, -0.05) is 38.2 Å². The Balaban J connectivity index is 0.000000261. The minimum Gasteiger partial charge on any atom is -0.342 e. The number of hydrogen-bond donors (Lipinski definition) is 0. The minimum absolute atomic E-state index is 0.625. The monoisotopic (exact) mass is 290 g/mol. The summed E-state index contributed by atoms with van der Waals surface area (Å²) in [6, 6.07) is 6.41. The van der Waals surface area contributed by atoms with Crippen molar-refractivity contribution in [1.29, 1.82) is 0 Å². The first-order valence-corrected chi connectivity index (χ1v) is 7.87. The molecular formula is C18H26Ti. The largest absolute Gasteiger partial charge is 0.342 e. The molecule has 102 valence electrons. The van der Waals surface area contributed by atoms with E-state index < -0.39 is 0 Å². The van der Waals surface area contributed by atoms with E-state index in [0.717, 1.165) is 6.42 Å². The van der Waals surface area contributed by atoms with Crippen molar-refractivity contribution in [3.63, 3.8) is 0 Å². The molecule has 0 amide bonds. The molecule has 0 radical (unpaired) electrons. The summed E-state index contributed by atoms with van der Waals surface area (Å²) in [5.74, 6) is 0.625. The molecule has 0 saturated carbocycles. The third-order valence-corrected chi connectivity index (χ3v) is 3.11. The van der Waals surface area contributed by atoms with Crippen molar-refractivity contribution in [3.05, 3.63) is 60.6 Å². The van der Waals surface area contributed by atoms with Crippen LogP contribution in [0, 0.1) is 26.7 Å². The summed E-state index contributed by atoms with van der Waals surface area (Å²) in [5.41, 5.74) is 2.72. The van der Waals surface area contributed by atoms with Gasteiger partial charge in [-0.3, -0.25) is 0 Å². The zero-order valence-electron chi connectivity index (χ0n) is 12.5. The summed E-state index contributed by atoms with van der Waals surface area (Å²) >= 11 is 2.09. The second kappa shape index (κ2) is 12.4. The van der Waals surface area contributed by atoms with E-state index in [1.807, 2.05) is 0 Å². The molecule has 1 aliphatic rings. The molecule has 1 aromatic rings. The van der Waals surface area contributed by atoms with Crippen molar-refractivity contribution in [3.8, 4) is 0 Å². The molecule has 0 nitrogen and oxygen atoms in total. The molecule has 0 heterocycles. The molecule has 2 rings (SSSR count). The van der Waals surface area contributed by atoms with E-state index in [1.54, 1.807) is 0 Å². The molecular weight excluding hydrogens is 264 g/mol. The molecule has 19 heavy (non-hydrogen) atoms. The summed E-state index contributed by atoms with van der Waals surface area (Å²) in [5, 5.41) is 0. The topological polar surface area (TPSA) is 0 Å². The van der Waals surface area contributed by atoms with Crippen molar-refractivity contribution < 1.29 is 20.0 Å². The Kier molecular flexibility index (Phi) is 12.1. The molecule has 0 N–H and O–H groups in total. The van der Waals surface area contributed by atoms with Crippen LogP contribution >= 0.6 is 0 Å². The van der Waals surface area contributed by atoms with Gasteiger partial charge in [-0.05, 0) is 5.92 Å².